The number of hydrogen-bond acceptors (Lipinski definition) is 3. The lowest BCUT2D eigenvalue weighted by Crippen LogP contribution is -2.52. The summed E-state index contributed by atoms with van der Waals surface area (Å²) >= 11 is 0. The Morgan fingerprint density at radius 1 is 1.07 bits per heavy atom. The van der Waals surface area contributed by atoms with Crippen molar-refractivity contribution in [2.45, 2.75) is 13.0 Å². The Labute approximate surface area is 176 Å². The van der Waals surface area contributed by atoms with Crippen molar-refractivity contribution in [2.75, 3.05) is 26.7 Å². The van der Waals surface area contributed by atoms with Crippen molar-refractivity contribution in [2.24, 2.45) is 0 Å². The van der Waals surface area contributed by atoms with Crippen LogP contribution >= 0.6 is 12.4 Å². The third kappa shape index (κ3) is 4.21. The molecule has 1 unspecified atom stereocenters. The topological polar surface area (TPSA) is 41.6 Å². The molecule has 1 aliphatic rings. The molecular weight excluding hydrogens is 391 g/mol. The highest BCUT2D eigenvalue weighted by Gasteiger charge is 2.24. The van der Waals surface area contributed by atoms with Crippen LogP contribution in [0.5, 0.6) is 5.75 Å². The van der Waals surface area contributed by atoms with Gasteiger partial charge in [-0.25, -0.2) is 4.39 Å². The summed E-state index contributed by atoms with van der Waals surface area (Å²) in [6, 6.07) is 16.9. The predicted octanol–water partition coefficient (Wildman–Crippen LogP) is 4.51. The molecule has 1 N–H and O–H groups in total. The molecular formula is C23H24ClFN2O2. The molecule has 1 fully saturated rings. The van der Waals surface area contributed by atoms with Crippen LogP contribution < -0.4 is 10.1 Å². The number of methoxy groups -OCH3 is 1. The summed E-state index contributed by atoms with van der Waals surface area (Å²) in [5.41, 5.74) is 2.56. The van der Waals surface area contributed by atoms with E-state index in [1.54, 1.807) is 12.1 Å². The van der Waals surface area contributed by atoms with Crippen LogP contribution in [0, 0.1) is 5.82 Å². The highest BCUT2D eigenvalue weighted by molar-refractivity contribution is 5.99. The summed E-state index contributed by atoms with van der Waals surface area (Å²) in [5.74, 6) is -0.0794. The van der Waals surface area contributed by atoms with Gasteiger partial charge < -0.3 is 15.0 Å². The number of benzene rings is 3. The van der Waals surface area contributed by atoms with E-state index in [0.717, 1.165) is 41.5 Å². The Bertz CT molecular complexity index is 1040. The van der Waals surface area contributed by atoms with Crippen molar-refractivity contribution in [3.8, 4) is 16.9 Å². The molecule has 0 aromatic heterocycles. The van der Waals surface area contributed by atoms with Crippen LogP contribution in [0.2, 0.25) is 0 Å². The molecule has 0 radical (unpaired) electrons. The lowest BCUT2D eigenvalue weighted by molar-refractivity contribution is 0.0656. The molecule has 1 amide bonds. The summed E-state index contributed by atoms with van der Waals surface area (Å²) in [5, 5.41) is 5.35. The van der Waals surface area contributed by atoms with Crippen molar-refractivity contribution >= 4 is 29.1 Å². The first-order valence-corrected chi connectivity index (χ1v) is 9.46. The van der Waals surface area contributed by atoms with Crippen LogP contribution in [-0.4, -0.2) is 43.6 Å². The van der Waals surface area contributed by atoms with Crippen LogP contribution in [0.4, 0.5) is 4.39 Å². The minimum Gasteiger partial charge on any atom is -0.494 e. The Morgan fingerprint density at radius 3 is 2.52 bits per heavy atom. The zero-order valence-electron chi connectivity index (χ0n) is 16.4. The molecule has 1 atom stereocenters. The van der Waals surface area contributed by atoms with Gasteiger partial charge in [-0.1, -0.05) is 24.3 Å². The summed E-state index contributed by atoms with van der Waals surface area (Å²) in [4.78, 5) is 14.8. The monoisotopic (exact) mass is 414 g/mol. The zero-order chi connectivity index (χ0) is 19.7. The van der Waals surface area contributed by atoms with Crippen LogP contribution in [0.1, 0.15) is 17.3 Å². The first-order chi connectivity index (χ1) is 13.6. The SMILES string of the molecule is COc1cc(-c2ccc3cc(C(=O)N4CCNCC4C)ccc3c2)ccc1F.Cl. The summed E-state index contributed by atoms with van der Waals surface area (Å²) in [7, 11) is 1.46. The van der Waals surface area contributed by atoms with Crippen LogP contribution in [0.3, 0.4) is 0 Å². The molecule has 6 heteroatoms. The fourth-order valence-electron chi connectivity index (χ4n) is 3.71. The Balaban J connectivity index is 0.00000240. The number of rotatable bonds is 3. The Hall–Kier alpha value is -2.63. The van der Waals surface area contributed by atoms with E-state index in [1.165, 1.54) is 13.2 Å². The quantitative estimate of drug-likeness (QED) is 0.685. The number of nitrogens with one attached hydrogen (secondary N) is 1. The van der Waals surface area contributed by atoms with Crippen LogP contribution in [-0.2, 0) is 0 Å². The summed E-state index contributed by atoms with van der Waals surface area (Å²) in [6.45, 7) is 4.44. The molecule has 4 nitrogen and oxygen atoms in total. The summed E-state index contributed by atoms with van der Waals surface area (Å²) < 4.78 is 18.8. The number of fused-ring (bicyclic) bond motifs is 1. The fraction of sp³-hybridized carbons (Fsp3) is 0.261. The maximum Gasteiger partial charge on any atom is 0.254 e. The molecule has 1 heterocycles. The molecule has 3 aromatic carbocycles. The van der Waals surface area contributed by atoms with E-state index in [2.05, 4.69) is 12.2 Å². The van der Waals surface area contributed by atoms with Crippen molar-refractivity contribution in [3.05, 3.63) is 66.0 Å². The Kier molecular flexibility index (Phi) is 6.40. The molecule has 0 spiro atoms. The molecule has 0 bridgehead atoms. The average molecular weight is 415 g/mol. The molecule has 29 heavy (non-hydrogen) atoms. The van der Waals surface area contributed by atoms with Crippen molar-refractivity contribution in [3.63, 3.8) is 0 Å². The van der Waals surface area contributed by atoms with E-state index < -0.39 is 0 Å². The number of carbonyl (C=O) groups excluding carboxylic acids is 1. The molecule has 152 valence electrons. The second-order valence-electron chi connectivity index (χ2n) is 7.18. The first kappa shape index (κ1) is 21.1. The number of nitrogens with zero attached hydrogens (tertiary/aromatic N) is 1. The van der Waals surface area contributed by atoms with Gasteiger partial charge in [-0.3, -0.25) is 4.79 Å². The van der Waals surface area contributed by atoms with E-state index in [0.29, 0.717) is 5.56 Å². The number of hydrogen-bond donors (Lipinski definition) is 1. The minimum atomic E-state index is -0.377. The zero-order valence-corrected chi connectivity index (χ0v) is 17.3. The average Bonchev–Trinajstić information content (AvgIpc) is 2.73. The van der Waals surface area contributed by atoms with Crippen molar-refractivity contribution < 1.29 is 13.9 Å². The van der Waals surface area contributed by atoms with Gasteiger partial charge in [-0.2, -0.15) is 0 Å². The van der Waals surface area contributed by atoms with Gasteiger partial charge in [0.1, 0.15) is 0 Å². The van der Waals surface area contributed by atoms with E-state index in [1.807, 2.05) is 41.3 Å². The standard InChI is InChI=1S/C23H23FN2O2.ClH/c1-15-14-25-9-10-26(15)23(27)20-6-5-16-11-17(3-4-18(16)12-20)19-7-8-21(24)22(13-19)28-2;/h3-8,11-13,15,25H,9-10,14H2,1-2H3;1H. The maximum absolute atomic E-state index is 13.7. The van der Waals surface area contributed by atoms with E-state index in [9.17, 15) is 9.18 Å². The summed E-state index contributed by atoms with van der Waals surface area (Å²) in [6.07, 6.45) is 0. The van der Waals surface area contributed by atoms with E-state index in [4.69, 9.17) is 4.74 Å². The molecule has 3 aromatic rings. The minimum absolute atomic E-state index is 0. The highest BCUT2D eigenvalue weighted by Crippen LogP contribution is 2.29. The van der Waals surface area contributed by atoms with E-state index >= 15 is 0 Å². The van der Waals surface area contributed by atoms with Crippen molar-refractivity contribution in [1.82, 2.24) is 10.2 Å². The van der Waals surface area contributed by atoms with Gasteiger partial charge in [0.2, 0.25) is 0 Å². The second-order valence-corrected chi connectivity index (χ2v) is 7.18. The molecule has 0 saturated carbocycles. The highest BCUT2D eigenvalue weighted by atomic mass is 35.5. The number of carbonyl (C=O) groups is 1. The first-order valence-electron chi connectivity index (χ1n) is 9.46. The van der Waals surface area contributed by atoms with Gasteiger partial charge >= 0.3 is 0 Å². The fourth-order valence-corrected chi connectivity index (χ4v) is 3.71. The number of halogens is 2. The van der Waals surface area contributed by atoms with Gasteiger partial charge in [-0.15, -0.1) is 12.4 Å². The third-order valence-electron chi connectivity index (χ3n) is 5.33. The maximum atomic E-state index is 13.7. The lowest BCUT2D eigenvalue weighted by atomic mass is 9.99. The number of amides is 1. The molecule has 0 aliphatic carbocycles. The van der Waals surface area contributed by atoms with Crippen LogP contribution in [0.15, 0.2) is 54.6 Å². The number of ether oxygens (including phenoxy) is 1. The van der Waals surface area contributed by atoms with E-state index in [-0.39, 0.29) is 35.9 Å². The normalized spacial score (nSPS) is 16.4. The van der Waals surface area contributed by atoms with Gasteiger partial charge in [0, 0.05) is 31.2 Å². The van der Waals surface area contributed by atoms with Gasteiger partial charge in [-0.05, 0) is 59.2 Å². The third-order valence-corrected chi connectivity index (χ3v) is 5.33. The van der Waals surface area contributed by atoms with Gasteiger partial charge in [0.25, 0.3) is 5.91 Å². The second kappa shape index (κ2) is 8.80. The Morgan fingerprint density at radius 2 is 1.76 bits per heavy atom. The predicted molar refractivity (Wildman–Crippen MR) is 117 cm³/mol. The van der Waals surface area contributed by atoms with Gasteiger partial charge in [0.05, 0.1) is 7.11 Å². The van der Waals surface area contributed by atoms with Gasteiger partial charge in [0.15, 0.2) is 11.6 Å². The molecule has 1 aliphatic heterocycles. The largest absolute Gasteiger partial charge is 0.494 e. The smallest absolute Gasteiger partial charge is 0.254 e. The lowest BCUT2D eigenvalue weighted by Gasteiger charge is -2.34. The molecule has 1 saturated heterocycles. The molecule has 4 rings (SSSR count). The number of piperazine rings is 1. The van der Waals surface area contributed by atoms with Crippen LogP contribution in [0.25, 0.3) is 21.9 Å². The van der Waals surface area contributed by atoms with Crippen molar-refractivity contribution in [1.29, 1.82) is 0 Å².